The summed E-state index contributed by atoms with van der Waals surface area (Å²) in [6.45, 7) is 9.50. The first-order chi connectivity index (χ1) is 8.94. The zero-order chi connectivity index (χ0) is 13.9. The van der Waals surface area contributed by atoms with Gasteiger partial charge in [0.2, 0.25) is 0 Å². The van der Waals surface area contributed by atoms with Crippen molar-refractivity contribution < 1.29 is 9.53 Å². The lowest BCUT2D eigenvalue weighted by Gasteiger charge is -2.27. The Morgan fingerprint density at radius 1 is 1.21 bits per heavy atom. The largest absolute Gasteiger partial charge is 0.444 e. The molecule has 2 saturated heterocycles. The maximum Gasteiger partial charge on any atom is 0.410 e. The number of hydrogen-bond donors (Lipinski definition) is 2. The van der Waals surface area contributed by atoms with E-state index in [0.717, 1.165) is 32.6 Å². The van der Waals surface area contributed by atoms with Crippen LogP contribution in [0.2, 0.25) is 0 Å². The van der Waals surface area contributed by atoms with E-state index in [4.69, 9.17) is 4.74 Å². The van der Waals surface area contributed by atoms with Crippen molar-refractivity contribution in [2.75, 3.05) is 26.2 Å². The lowest BCUT2D eigenvalue weighted by molar-refractivity contribution is 0.0290. The van der Waals surface area contributed by atoms with Crippen LogP contribution in [0.5, 0.6) is 0 Å². The summed E-state index contributed by atoms with van der Waals surface area (Å²) >= 11 is 0. The normalized spacial score (nSPS) is 25.6. The number of rotatable bonds is 2. The van der Waals surface area contributed by atoms with Crippen LogP contribution in [0, 0.1) is 0 Å². The maximum absolute atomic E-state index is 12.0. The number of carbonyl (C=O) groups excluding carboxylic acids is 1. The van der Waals surface area contributed by atoms with E-state index in [1.54, 1.807) is 0 Å². The molecule has 2 rings (SSSR count). The summed E-state index contributed by atoms with van der Waals surface area (Å²) in [5, 5.41) is 7.04. The molecule has 2 N–H and O–H groups in total. The van der Waals surface area contributed by atoms with E-state index in [2.05, 4.69) is 10.6 Å². The van der Waals surface area contributed by atoms with Gasteiger partial charge in [-0.3, -0.25) is 0 Å². The first-order valence-electron chi connectivity index (χ1n) is 7.39. The summed E-state index contributed by atoms with van der Waals surface area (Å²) in [4.78, 5) is 13.8. The molecule has 0 spiro atoms. The minimum Gasteiger partial charge on any atom is -0.444 e. The summed E-state index contributed by atoms with van der Waals surface area (Å²) in [6.07, 6.45) is 3.22. The van der Waals surface area contributed by atoms with Gasteiger partial charge in [0.1, 0.15) is 5.60 Å². The van der Waals surface area contributed by atoms with Crippen LogP contribution in [0.3, 0.4) is 0 Å². The molecule has 110 valence electrons. The van der Waals surface area contributed by atoms with Gasteiger partial charge in [-0.2, -0.15) is 0 Å². The Kier molecular flexibility index (Phi) is 4.68. The van der Waals surface area contributed by atoms with Gasteiger partial charge in [-0.25, -0.2) is 4.79 Å². The molecule has 5 heteroatoms. The van der Waals surface area contributed by atoms with Crippen LogP contribution in [0.15, 0.2) is 0 Å². The first kappa shape index (κ1) is 14.6. The van der Waals surface area contributed by atoms with Crippen molar-refractivity contribution in [3.05, 3.63) is 0 Å². The molecule has 0 aromatic rings. The van der Waals surface area contributed by atoms with Crippen molar-refractivity contribution in [1.82, 2.24) is 15.5 Å². The minimum absolute atomic E-state index is 0.179. The van der Waals surface area contributed by atoms with Gasteiger partial charge >= 0.3 is 6.09 Å². The Bertz CT molecular complexity index is 308. The number of nitrogens with one attached hydrogen (secondary N) is 2. The van der Waals surface area contributed by atoms with Crippen molar-refractivity contribution >= 4 is 6.09 Å². The molecule has 1 atom stereocenters. The van der Waals surface area contributed by atoms with Crippen LogP contribution in [0.4, 0.5) is 4.79 Å². The van der Waals surface area contributed by atoms with Crippen LogP contribution in [0.1, 0.15) is 40.0 Å². The summed E-state index contributed by atoms with van der Waals surface area (Å²) in [5.41, 5.74) is -0.405. The van der Waals surface area contributed by atoms with Crippen molar-refractivity contribution in [2.45, 2.75) is 57.7 Å². The zero-order valence-electron chi connectivity index (χ0n) is 12.4. The van der Waals surface area contributed by atoms with Crippen molar-refractivity contribution in [3.63, 3.8) is 0 Å². The molecule has 19 heavy (non-hydrogen) atoms. The minimum atomic E-state index is -0.405. The highest BCUT2D eigenvalue weighted by molar-refractivity contribution is 5.68. The van der Waals surface area contributed by atoms with E-state index in [-0.39, 0.29) is 6.09 Å². The molecule has 5 nitrogen and oxygen atoms in total. The van der Waals surface area contributed by atoms with Crippen LogP contribution in [0.25, 0.3) is 0 Å². The number of nitrogens with zero attached hydrogens (tertiary/aromatic N) is 1. The molecule has 2 aliphatic heterocycles. The standard InChI is InChI=1S/C14H27N3O2/c1-14(2,3)19-13(18)17-9-6-12(10-17)16-11-4-7-15-8-5-11/h11-12,15-16H,4-10H2,1-3H3/t12-/m1/s1. The van der Waals surface area contributed by atoms with E-state index >= 15 is 0 Å². The van der Waals surface area contributed by atoms with Crippen molar-refractivity contribution in [2.24, 2.45) is 0 Å². The number of ether oxygens (including phenoxy) is 1. The average molecular weight is 269 g/mol. The molecular weight excluding hydrogens is 242 g/mol. The molecule has 0 saturated carbocycles. The highest BCUT2D eigenvalue weighted by atomic mass is 16.6. The van der Waals surface area contributed by atoms with Gasteiger partial charge in [0, 0.05) is 25.2 Å². The third-order valence-electron chi connectivity index (χ3n) is 3.65. The highest BCUT2D eigenvalue weighted by Gasteiger charge is 2.30. The van der Waals surface area contributed by atoms with E-state index in [0.29, 0.717) is 12.1 Å². The summed E-state index contributed by atoms with van der Waals surface area (Å²) in [5.74, 6) is 0. The molecule has 0 bridgehead atoms. The number of likely N-dealkylation sites (tertiary alicyclic amines) is 1. The van der Waals surface area contributed by atoms with Crippen LogP contribution >= 0.6 is 0 Å². The van der Waals surface area contributed by atoms with Gasteiger partial charge in [0.25, 0.3) is 0 Å². The van der Waals surface area contributed by atoms with Crippen molar-refractivity contribution in [3.8, 4) is 0 Å². The number of amides is 1. The third-order valence-corrected chi connectivity index (χ3v) is 3.65. The molecule has 0 radical (unpaired) electrons. The van der Waals surface area contributed by atoms with Crippen LogP contribution < -0.4 is 10.6 Å². The number of carbonyl (C=O) groups is 1. The van der Waals surface area contributed by atoms with E-state index in [1.165, 1.54) is 12.8 Å². The van der Waals surface area contributed by atoms with E-state index in [1.807, 2.05) is 25.7 Å². The average Bonchev–Trinajstić information content (AvgIpc) is 2.77. The predicted octanol–water partition coefficient (Wildman–Crippen LogP) is 1.34. The monoisotopic (exact) mass is 269 g/mol. The highest BCUT2D eigenvalue weighted by Crippen LogP contribution is 2.16. The SMILES string of the molecule is CC(C)(C)OC(=O)N1CC[C@@H](NC2CCNCC2)C1. The molecule has 1 amide bonds. The van der Waals surface area contributed by atoms with Gasteiger partial charge in [0.15, 0.2) is 0 Å². The lowest BCUT2D eigenvalue weighted by Crippen LogP contribution is -2.46. The summed E-state index contributed by atoms with van der Waals surface area (Å²) < 4.78 is 5.41. The molecule has 0 aromatic carbocycles. The quantitative estimate of drug-likeness (QED) is 0.794. The molecule has 0 unspecified atom stereocenters. The Morgan fingerprint density at radius 2 is 1.89 bits per heavy atom. The van der Waals surface area contributed by atoms with E-state index in [9.17, 15) is 4.79 Å². The number of hydrogen-bond acceptors (Lipinski definition) is 4. The maximum atomic E-state index is 12.0. The fourth-order valence-electron chi connectivity index (χ4n) is 2.71. The molecule has 2 fully saturated rings. The number of piperidine rings is 1. The van der Waals surface area contributed by atoms with Crippen LogP contribution in [-0.4, -0.2) is 54.9 Å². The second-order valence-corrected chi connectivity index (χ2v) is 6.60. The molecule has 2 heterocycles. The third kappa shape index (κ3) is 4.66. The summed E-state index contributed by atoms with van der Waals surface area (Å²) in [7, 11) is 0. The van der Waals surface area contributed by atoms with Gasteiger partial charge in [-0.15, -0.1) is 0 Å². The Morgan fingerprint density at radius 3 is 2.53 bits per heavy atom. The molecule has 0 aromatic heterocycles. The lowest BCUT2D eigenvalue weighted by atomic mass is 10.1. The second kappa shape index (κ2) is 6.09. The fraction of sp³-hybridized carbons (Fsp3) is 0.929. The van der Waals surface area contributed by atoms with Gasteiger partial charge in [-0.05, 0) is 53.1 Å². The van der Waals surface area contributed by atoms with E-state index < -0.39 is 5.60 Å². The smallest absolute Gasteiger partial charge is 0.410 e. The molecule has 0 aliphatic carbocycles. The topological polar surface area (TPSA) is 53.6 Å². The first-order valence-corrected chi connectivity index (χ1v) is 7.39. The van der Waals surface area contributed by atoms with Gasteiger partial charge in [0.05, 0.1) is 0 Å². The Hall–Kier alpha value is -0.810. The van der Waals surface area contributed by atoms with Gasteiger partial charge < -0.3 is 20.3 Å². The Labute approximate surface area is 116 Å². The predicted molar refractivity (Wildman–Crippen MR) is 75.2 cm³/mol. The van der Waals surface area contributed by atoms with Gasteiger partial charge in [-0.1, -0.05) is 0 Å². The second-order valence-electron chi connectivity index (χ2n) is 6.60. The zero-order valence-corrected chi connectivity index (χ0v) is 12.4. The van der Waals surface area contributed by atoms with Crippen LogP contribution in [-0.2, 0) is 4.74 Å². The Balaban J connectivity index is 1.74. The molecular formula is C14H27N3O2. The molecule has 2 aliphatic rings. The fourth-order valence-corrected chi connectivity index (χ4v) is 2.71. The summed E-state index contributed by atoms with van der Waals surface area (Å²) in [6, 6.07) is 1.03. The van der Waals surface area contributed by atoms with Crippen molar-refractivity contribution in [1.29, 1.82) is 0 Å².